The number of nitrogens with zero attached hydrogens (tertiary/aromatic N) is 4. The van der Waals surface area contributed by atoms with Crippen molar-refractivity contribution in [3.63, 3.8) is 0 Å². The van der Waals surface area contributed by atoms with E-state index >= 15 is 0 Å². The van der Waals surface area contributed by atoms with Crippen molar-refractivity contribution in [2.45, 2.75) is 35.5 Å². The molecule has 2 aromatic carbocycles. The van der Waals surface area contributed by atoms with Crippen molar-refractivity contribution in [2.24, 2.45) is 0 Å². The Bertz CT molecular complexity index is 1500. The Morgan fingerprint density at radius 2 is 1.76 bits per heavy atom. The zero-order chi connectivity index (χ0) is 26.8. The predicted octanol–water partition coefficient (Wildman–Crippen LogP) is 5.11. The van der Waals surface area contributed by atoms with Crippen LogP contribution in [-0.2, 0) is 14.5 Å². The fraction of sp³-hybridized carbons (Fsp3) is 0.333. The molecule has 1 unspecified atom stereocenters. The van der Waals surface area contributed by atoms with Gasteiger partial charge in [-0.1, -0.05) is 29.2 Å². The van der Waals surface area contributed by atoms with Gasteiger partial charge in [0.15, 0.2) is 4.34 Å². The first-order valence-corrected chi connectivity index (χ1v) is 14.8. The van der Waals surface area contributed by atoms with Gasteiger partial charge in [0.05, 0.1) is 31.2 Å². The van der Waals surface area contributed by atoms with Gasteiger partial charge in [-0.3, -0.25) is 19.4 Å². The molecule has 1 aromatic heterocycles. The van der Waals surface area contributed by atoms with E-state index in [0.29, 0.717) is 22.9 Å². The molecule has 0 aliphatic carbocycles. The van der Waals surface area contributed by atoms with Crippen LogP contribution < -0.4 is 19.3 Å². The second kappa shape index (κ2) is 9.03. The highest BCUT2D eigenvalue weighted by molar-refractivity contribution is 8.02. The fourth-order valence-corrected chi connectivity index (χ4v) is 8.57. The van der Waals surface area contributed by atoms with Crippen LogP contribution in [0.2, 0.25) is 0 Å². The van der Waals surface area contributed by atoms with Crippen LogP contribution in [0.1, 0.15) is 30.0 Å². The molecule has 0 radical (unpaired) electrons. The lowest BCUT2D eigenvalue weighted by Gasteiger charge is -2.40. The van der Waals surface area contributed by atoms with Crippen molar-refractivity contribution < 1.29 is 19.1 Å². The molecule has 196 valence electrons. The predicted molar refractivity (Wildman–Crippen MR) is 153 cm³/mol. The molecule has 38 heavy (non-hydrogen) atoms. The summed E-state index contributed by atoms with van der Waals surface area (Å²) in [7, 11) is 3.22. The minimum Gasteiger partial charge on any atom is -0.497 e. The van der Waals surface area contributed by atoms with Gasteiger partial charge in [-0.05, 0) is 62.7 Å². The molecule has 8 nitrogen and oxygen atoms in total. The van der Waals surface area contributed by atoms with E-state index in [4.69, 9.17) is 9.47 Å². The van der Waals surface area contributed by atoms with Crippen LogP contribution >= 0.6 is 34.9 Å². The van der Waals surface area contributed by atoms with Gasteiger partial charge in [0.25, 0.3) is 5.91 Å². The van der Waals surface area contributed by atoms with Crippen LogP contribution in [0.25, 0.3) is 5.57 Å². The Morgan fingerprint density at radius 1 is 1.03 bits per heavy atom. The number of amides is 2. The molecule has 2 amide bonds. The van der Waals surface area contributed by atoms with Gasteiger partial charge in [0.2, 0.25) is 10.8 Å². The summed E-state index contributed by atoms with van der Waals surface area (Å²) in [6.07, 6.45) is 2.15. The lowest BCUT2D eigenvalue weighted by atomic mass is 9.88. The summed E-state index contributed by atoms with van der Waals surface area (Å²) in [6.45, 7) is 6.03. The van der Waals surface area contributed by atoms with Crippen molar-refractivity contribution in [1.29, 1.82) is 0 Å². The summed E-state index contributed by atoms with van der Waals surface area (Å²) in [5.41, 5.74) is 3.69. The van der Waals surface area contributed by atoms with Crippen LogP contribution in [-0.4, -0.2) is 53.3 Å². The quantitative estimate of drug-likeness (QED) is 0.381. The second-order valence-corrected chi connectivity index (χ2v) is 13.3. The van der Waals surface area contributed by atoms with Gasteiger partial charge in [0.1, 0.15) is 16.5 Å². The first-order valence-electron chi connectivity index (χ1n) is 12.0. The fourth-order valence-electron chi connectivity index (χ4n) is 5.44. The third-order valence-electron chi connectivity index (χ3n) is 7.01. The van der Waals surface area contributed by atoms with E-state index in [9.17, 15) is 9.59 Å². The minimum absolute atomic E-state index is 0.113. The number of hydrogen-bond donors (Lipinski definition) is 0. The van der Waals surface area contributed by atoms with E-state index in [1.54, 1.807) is 42.2 Å². The smallest absolute Gasteiger partial charge is 0.269 e. The first-order chi connectivity index (χ1) is 18.2. The van der Waals surface area contributed by atoms with Crippen LogP contribution in [0.15, 0.2) is 46.8 Å². The van der Waals surface area contributed by atoms with Gasteiger partial charge in [-0.2, -0.15) is 0 Å². The molecule has 0 N–H and O–H groups in total. The van der Waals surface area contributed by atoms with Crippen molar-refractivity contribution >= 4 is 63.6 Å². The van der Waals surface area contributed by atoms with Crippen molar-refractivity contribution in [3.05, 3.63) is 58.6 Å². The molecule has 0 bridgehead atoms. The molecule has 6 rings (SSSR count). The molecular formula is C27H26N4O4S3. The SMILES string of the molecule is COc1ccc(N2C(=O)CSC23C(=O)N2c4c(cc(OC)cc43)C(CSc3nnc(C)s3)=CC2(C)C)cc1. The normalized spacial score (nSPS) is 21.2. The number of aryl methyl sites for hydroxylation is 1. The molecule has 3 aliphatic rings. The third-order valence-corrected chi connectivity index (χ3v) is 10.4. The van der Waals surface area contributed by atoms with Crippen LogP contribution in [0.3, 0.4) is 0 Å². The number of thioether (sulfide) groups is 2. The Morgan fingerprint density at radius 3 is 2.42 bits per heavy atom. The number of aromatic nitrogens is 2. The van der Waals surface area contributed by atoms with Gasteiger partial charge in [0, 0.05) is 22.6 Å². The van der Waals surface area contributed by atoms with Crippen molar-refractivity contribution in [3.8, 4) is 11.5 Å². The zero-order valence-corrected chi connectivity index (χ0v) is 24.1. The van der Waals surface area contributed by atoms with Crippen LogP contribution in [0, 0.1) is 6.92 Å². The Labute approximate surface area is 233 Å². The number of anilines is 2. The number of benzene rings is 2. The third kappa shape index (κ3) is 3.66. The lowest BCUT2D eigenvalue weighted by molar-refractivity contribution is -0.124. The summed E-state index contributed by atoms with van der Waals surface area (Å²) in [4.78, 5) is 30.3. The number of ether oxygens (including phenoxy) is 2. The number of carbonyl (C=O) groups is 2. The molecule has 3 aliphatic heterocycles. The highest BCUT2D eigenvalue weighted by Crippen LogP contribution is 2.61. The van der Waals surface area contributed by atoms with E-state index in [-0.39, 0.29) is 17.6 Å². The highest BCUT2D eigenvalue weighted by atomic mass is 32.2. The summed E-state index contributed by atoms with van der Waals surface area (Å²) < 4.78 is 12.0. The van der Waals surface area contributed by atoms with Crippen molar-refractivity contribution in [1.82, 2.24) is 10.2 Å². The Balaban J connectivity index is 1.52. The number of hydrogen-bond acceptors (Lipinski definition) is 9. The number of carbonyl (C=O) groups excluding carboxylic acids is 2. The molecule has 4 heterocycles. The molecule has 1 spiro atoms. The molecule has 1 atom stereocenters. The maximum Gasteiger partial charge on any atom is 0.269 e. The maximum absolute atomic E-state index is 14.6. The van der Waals surface area contributed by atoms with Gasteiger partial charge < -0.3 is 9.47 Å². The van der Waals surface area contributed by atoms with E-state index in [1.165, 1.54) is 11.8 Å². The number of rotatable bonds is 6. The Hall–Kier alpha value is -3.02. The molecular weight excluding hydrogens is 541 g/mol. The van der Waals surface area contributed by atoms with E-state index in [2.05, 4.69) is 16.3 Å². The van der Waals surface area contributed by atoms with Crippen molar-refractivity contribution in [2.75, 3.05) is 35.5 Å². The first kappa shape index (κ1) is 25.3. The summed E-state index contributed by atoms with van der Waals surface area (Å²) in [5, 5.41) is 9.33. The summed E-state index contributed by atoms with van der Waals surface area (Å²) in [6, 6.07) is 11.2. The second-order valence-electron chi connectivity index (χ2n) is 9.77. The van der Waals surface area contributed by atoms with Crippen LogP contribution in [0.4, 0.5) is 11.4 Å². The number of methoxy groups -OCH3 is 2. The van der Waals surface area contributed by atoms with Crippen LogP contribution in [0.5, 0.6) is 11.5 Å². The molecule has 11 heteroatoms. The monoisotopic (exact) mass is 566 g/mol. The zero-order valence-electron chi connectivity index (χ0n) is 21.6. The highest BCUT2D eigenvalue weighted by Gasteiger charge is 2.64. The Kier molecular flexibility index (Phi) is 6.00. The topological polar surface area (TPSA) is 84.9 Å². The van der Waals surface area contributed by atoms with Gasteiger partial charge in [-0.25, -0.2) is 0 Å². The average molecular weight is 567 g/mol. The lowest BCUT2D eigenvalue weighted by Crippen LogP contribution is -2.55. The van der Waals surface area contributed by atoms with E-state index in [1.807, 2.05) is 62.1 Å². The summed E-state index contributed by atoms with van der Waals surface area (Å²) >= 11 is 4.56. The van der Waals surface area contributed by atoms with E-state index in [0.717, 1.165) is 31.7 Å². The number of fused-ring (bicyclic) bond motifs is 1. The van der Waals surface area contributed by atoms with E-state index < -0.39 is 10.4 Å². The molecule has 0 saturated carbocycles. The average Bonchev–Trinajstić information content (AvgIpc) is 3.56. The summed E-state index contributed by atoms with van der Waals surface area (Å²) in [5.74, 6) is 1.96. The largest absolute Gasteiger partial charge is 0.497 e. The molecule has 1 saturated heterocycles. The minimum atomic E-state index is -1.23. The molecule has 3 aromatic rings. The maximum atomic E-state index is 14.6. The standard InChI is InChI=1S/C27H26N4O4S3/c1-15-28-29-25(38-15)36-13-16-12-26(2,3)31-23-20(16)10-19(35-5)11-21(23)27(24(31)33)30(22(32)14-37-27)17-6-8-18(34-4)9-7-17/h6-12H,13-14H2,1-5H3. The van der Waals surface area contributed by atoms with Gasteiger partial charge >= 0.3 is 0 Å². The molecule has 1 fully saturated rings. The van der Waals surface area contributed by atoms with Gasteiger partial charge in [-0.15, -0.1) is 22.0 Å².